The summed E-state index contributed by atoms with van der Waals surface area (Å²) in [6.07, 6.45) is 0. The summed E-state index contributed by atoms with van der Waals surface area (Å²) in [5, 5.41) is 2.33. The predicted molar refractivity (Wildman–Crippen MR) is 84.4 cm³/mol. The Labute approximate surface area is 130 Å². The Kier molecular flexibility index (Phi) is 3.42. The average molecular weight is 325 g/mol. The zero-order valence-electron chi connectivity index (χ0n) is 10.1. The van der Waals surface area contributed by atoms with Crippen LogP contribution in [0.25, 0.3) is 22.3 Å². The van der Waals surface area contributed by atoms with Crippen molar-refractivity contribution in [3.63, 3.8) is 0 Å². The van der Waals surface area contributed by atoms with E-state index in [4.69, 9.17) is 40.5 Å². The van der Waals surface area contributed by atoms with Gasteiger partial charge in [-0.3, -0.25) is 0 Å². The molecule has 2 N–H and O–H groups in total. The molecule has 1 aromatic heterocycles. The van der Waals surface area contributed by atoms with Gasteiger partial charge in [0.15, 0.2) is 5.82 Å². The summed E-state index contributed by atoms with van der Waals surface area (Å²) < 4.78 is 0. The van der Waals surface area contributed by atoms with Crippen LogP contribution >= 0.6 is 34.8 Å². The van der Waals surface area contributed by atoms with E-state index >= 15 is 0 Å². The van der Waals surface area contributed by atoms with E-state index in [1.54, 1.807) is 36.4 Å². The van der Waals surface area contributed by atoms with E-state index < -0.39 is 0 Å². The second kappa shape index (κ2) is 5.09. The summed E-state index contributed by atoms with van der Waals surface area (Å²) in [6, 6.07) is 10.4. The summed E-state index contributed by atoms with van der Waals surface area (Å²) in [4.78, 5) is 8.74. The van der Waals surface area contributed by atoms with Gasteiger partial charge in [-0.1, -0.05) is 34.8 Å². The normalized spacial score (nSPS) is 10.9. The molecule has 3 aromatic rings. The minimum Gasteiger partial charge on any atom is -0.383 e. The highest BCUT2D eigenvalue weighted by Gasteiger charge is 2.11. The molecule has 0 radical (unpaired) electrons. The molecule has 3 rings (SSSR count). The zero-order valence-corrected chi connectivity index (χ0v) is 12.3. The van der Waals surface area contributed by atoms with Crippen LogP contribution in [0.3, 0.4) is 0 Å². The number of hydrogen-bond acceptors (Lipinski definition) is 3. The van der Waals surface area contributed by atoms with E-state index in [0.717, 1.165) is 0 Å². The van der Waals surface area contributed by atoms with Crippen molar-refractivity contribution >= 4 is 51.5 Å². The maximum Gasteiger partial charge on any atom is 0.163 e. The minimum atomic E-state index is 0.360. The van der Waals surface area contributed by atoms with Gasteiger partial charge in [0.25, 0.3) is 0 Å². The SMILES string of the molecule is Nc1nc(-c2ccc(Cl)cc2Cl)nc2ccc(Cl)cc12. The number of nitrogen functional groups attached to an aromatic ring is 1. The lowest BCUT2D eigenvalue weighted by molar-refractivity contribution is 1.23. The number of hydrogen-bond donors (Lipinski definition) is 1. The molecule has 0 aliphatic carbocycles. The quantitative estimate of drug-likeness (QED) is 0.697. The summed E-state index contributed by atoms with van der Waals surface area (Å²) in [5.74, 6) is 0.817. The van der Waals surface area contributed by atoms with Crippen LogP contribution in [0.4, 0.5) is 5.82 Å². The number of rotatable bonds is 1. The first-order chi connectivity index (χ1) is 9.54. The van der Waals surface area contributed by atoms with Crippen molar-refractivity contribution in [3.05, 3.63) is 51.5 Å². The van der Waals surface area contributed by atoms with Gasteiger partial charge in [-0.25, -0.2) is 9.97 Å². The molecular weight excluding hydrogens is 317 g/mol. The Morgan fingerprint density at radius 2 is 1.55 bits per heavy atom. The highest BCUT2D eigenvalue weighted by Crippen LogP contribution is 2.31. The molecule has 6 heteroatoms. The van der Waals surface area contributed by atoms with Gasteiger partial charge in [0, 0.05) is 21.0 Å². The third-order valence-electron chi connectivity index (χ3n) is 2.86. The van der Waals surface area contributed by atoms with Crippen molar-refractivity contribution in [2.45, 2.75) is 0 Å². The van der Waals surface area contributed by atoms with Gasteiger partial charge < -0.3 is 5.73 Å². The Morgan fingerprint density at radius 3 is 2.30 bits per heavy atom. The number of nitrogens with two attached hydrogens (primary N) is 1. The summed E-state index contributed by atoms with van der Waals surface area (Å²) in [5.41, 5.74) is 7.36. The first kappa shape index (κ1) is 13.4. The van der Waals surface area contributed by atoms with Crippen molar-refractivity contribution < 1.29 is 0 Å². The molecule has 3 nitrogen and oxygen atoms in total. The molecule has 0 saturated heterocycles. The summed E-state index contributed by atoms with van der Waals surface area (Å²) >= 11 is 18.0. The second-order valence-electron chi connectivity index (χ2n) is 4.22. The zero-order chi connectivity index (χ0) is 14.3. The van der Waals surface area contributed by atoms with Crippen LogP contribution in [0.5, 0.6) is 0 Å². The molecule has 0 amide bonds. The van der Waals surface area contributed by atoms with Crippen molar-refractivity contribution in [2.75, 3.05) is 5.73 Å². The van der Waals surface area contributed by atoms with Gasteiger partial charge in [0.05, 0.1) is 10.5 Å². The lowest BCUT2D eigenvalue weighted by atomic mass is 10.2. The van der Waals surface area contributed by atoms with Gasteiger partial charge in [-0.2, -0.15) is 0 Å². The number of nitrogens with zero attached hydrogens (tertiary/aromatic N) is 2. The van der Waals surface area contributed by atoms with Gasteiger partial charge in [0.2, 0.25) is 0 Å². The molecule has 0 unspecified atom stereocenters. The monoisotopic (exact) mass is 323 g/mol. The largest absolute Gasteiger partial charge is 0.383 e. The Balaban J connectivity index is 2.24. The van der Waals surface area contributed by atoms with Crippen LogP contribution in [0.15, 0.2) is 36.4 Å². The fraction of sp³-hybridized carbons (Fsp3) is 0. The van der Waals surface area contributed by atoms with Gasteiger partial charge >= 0.3 is 0 Å². The fourth-order valence-electron chi connectivity index (χ4n) is 1.92. The van der Waals surface area contributed by atoms with Crippen LogP contribution in [0, 0.1) is 0 Å². The molecule has 0 atom stereocenters. The molecule has 0 saturated carbocycles. The number of aromatic nitrogens is 2. The number of halogens is 3. The molecular formula is C14H8Cl3N3. The lowest BCUT2D eigenvalue weighted by Gasteiger charge is -2.07. The summed E-state index contributed by atoms with van der Waals surface area (Å²) in [6.45, 7) is 0. The highest BCUT2D eigenvalue weighted by atomic mass is 35.5. The van der Waals surface area contributed by atoms with E-state index in [2.05, 4.69) is 9.97 Å². The van der Waals surface area contributed by atoms with Crippen LogP contribution in [0.1, 0.15) is 0 Å². The highest BCUT2D eigenvalue weighted by molar-refractivity contribution is 6.36. The van der Waals surface area contributed by atoms with Gasteiger partial charge in [-0.15, -0.1) is 0 Å². The Hall–Kier alpha value is -1.55. The number of anilines is 1. The third kappa shape index (κ3) is 2.40. The molecule has 2 aromatic carbocycles. The standard InChI is InChI=1S/C14H8Cl3N3/c15-7-2-4-12-10(5-7)13(18)20-14(19-12)9-3-1-8(16)6-11(9)17/h1-6H,(H2,18,19,20). The first-order valence-electron chi connectivity index (χ1n) is 5.73. The molecule has 0 spiro atoms. The molecule has 0 aliphatic rings. The Bertz CT molecular complexity index is 818. The number of fused-ring (bicyclic) bond motifs is 1. The average Bonchev–Trinajstić information content (AvgIpc) is 2.39. The number of benzene rings is 2. The van der Waals surface area contributed by atoms with Crippen LogP contribution in [-0.4, -0.2) is 9.97 Å². The molecule has 100 valence electrons. The van der Waals surface area contributed by atoms with Crippen molar-refractivity contribution in [1.29, 1.82) is 0 Å². The van der Waals surface area contributed by atoms with Gasteiger partial charge in [-0.05, 0) is 36.4 Å². The van der Waals surface area contributed by atoms with Crippen LogP contribution in [-0.2, 0) is 0 Å². The van der Waals surface area contributed by atoms with Crippen LogP contribution in [0.2, 0.25) is 15.1 Å². The maximum atomic E-state index is 6.17. The van der Waals surface area contributed by atoms with Crippen molar-refractivity contribution in [2.24, 2.45) is 0 Å². The van der Waals surface area contributed by atoms with Gasteiger partial charge in [0.1, 0.15) is 5.82 Å². The van der Waals surface area contributed by atoms with E-state index in [-0.39, 0.29) is 0 Å². The molecule has 0 fully saturated rings. The second-order valence-corrected chi connectivity index (χ2v) is 5.50. The minimum absolute atomic E-state index is 0.360. The van der Waals surface area contributed by atoms with Crippen molar-refractivity contribution in [1.82, 2.24) is 9.97 Å². The Morgan fingerprint density at radius 1 is 0.850 bits per heavy atom. The smallest absolute Gasteiger partial charge is 0.163 e. The molecule has 0 bridgehead atoms. The van der Waals surface area contributed by atoms with E-state index in [0.29, 0.717) is 43.2 Å². The third-order valence-corrected chi connectivity index (χ3v) is 3.64. The molecule has 0 aliphatic heterocycles. The lowest BCUT2D eigenvalue weighted by Crippen LogP contribution is -1.98. The molecule has 1 heterocycles. The topological polar surface area (TPSA) is 51.8 Å². The molecule has 20 heavy (non-hydrogen) atoms. The van der Waals surface area contributed by atoms with E-state index in [1.165, 1.54) is 0 Å². The summed E-state index contributed by atoms with van der Waals surface area (Å²) in [7, 11) is 0. The fourth-order valence-corrected chi connectivity index (χ4v) is 2.58. The van der Waals surface area contributed by atoms with Crippen molar-refractivity contribution in [3.8, 4) is 11.4 Å². The van der Waals surface area contributed by atoms with Crippen LogP contribution < -0.4 is 5.73 Å². The van der Waals surface area contributed by atoms with E-state index in [9.17, 15) is 0 Å². The maximum absolute atomic E-state index is 6.17. The van der Waals surface area contributed by atoms with E-state index in [1.807, 2.05) is 0 Å². The predicted octanol–water partition coefficient (Wildman–Crippen LogP) is 4.84. The first-order valence-corrected chi connectivity index (χ1v) is 6.86.